The van der Waals surface area contributed by atoms with Crippen molar-refractivity contribution >= 4 is 0 Å². The second kappa shape index (κ2) is 3.42. The van der Waals surface area contributed by atoms with Gasteiger partial charge in [-0.1, -0.05) is 0 Å². The first-order valence-electron chi connectivity index (χ1n) is 4.65. The number of aromatic nitrogens is 2. The topological polar surface area (TPSA) is 56.0 Å². The summed E-state index contributed by atoms with van der Waals surface area (Å²) in [5, 5.41) is 3.11. The number of hydrogen-bond acceptors (Lipinski definition) is 3. The van der Waals surface area contributed by atoms with Crippen LogP contribution in [0, 0.1) is 5.92 Å². The van der Waals surface area contributed by atoms with Gasteiger partial charge in [0.15, 0.2) is 0 Å². The second-order valence-electron chi connectivity index (χ2n) is 3.68. The van der Waals surface area contributed by atoms with Crippen LogP contribution in [0.25, 0.3) is 0 Å². The fraction of sp³-hybridized carbons (Fsp3) is 0.556. The van der Waals surface area contributed by atoms with E-state index in [4.69, 9.17) is 0 Å². The molecule has 0 aliphatic carbocycles. The minimum atomic E-state index is -0.232. The van der Waals surface area contributed by atoms with Gasteiger partial charge >= 0.3 is 5.69 Å². The third kappa shape index (κ3) is 1.50. The zero-order valence-corrected chi connectivity index (χ0v) is 8.06. The smallest absolute Gasteiger partial charge is 0.316 e. The number of aryl methyl sites for hydroxylation is 1. The van der Waals surface area contributed by atoms with Crippen molar-refractivity contribution in [3.63, 3.8) is 0 Å². The Kier molecular flexibility index (Phi) is 2.25. The third-order valence-electron chi connectivity index (χ3n) is 2.55. The lowest BCUT2D eigenvalue weighted by molar-refractivity contribution is 0.297. The van der Waals surface area contributed by atoms with E-state index >= 15 is 0 Å². The van der Waals surface area contributed by atoms with Gasteiger partial charge < -0.3 is 9.88 Å². The van der Waals surface area contributed by atoms with Crippen LogP contribution in [0.1, 0.15) is 0 Å². The van der Waals surface area contributed by atoms with Crippen molar-refractivity contribution < 1.29 is 0 Å². The van der Waals surface area contributed by atoms with Crippen molar-refractivity contribution in [3.05, 3.63) is 33.1 Å². The van der Waals surface area contributed by atoms with Gasteiger partial charge in [-0.25, -0.2) is 4.79 Å². The molecule has 0 radical (unpaired) electrons. The Morgan fingerprint density at radius 2 is 2.21 bits per heavy atom. The molecule has 76 valence electrons. The monoisotopic (exact) mass is 195 g/mol. The molecule has 2 heterocycles. The highest BCUT2D eigenvalue weighted by atomic mass is 16.2. The van der Waals surface area contributed by atoms with E-state index in [1.165, 1.54) is 21.4 Å². The third-order valence-corrected chi connectivity index (χ3v) is 2.55. The van der Waals surface area contributed by atoms with E-state index in [0.717, 1.165) is 13.1 Å². The highest BCUT2D eigenvalue weighted by molar-refractivity contribution is 4.87. The first-order valence-corrected chi connectivity index (χ1v) is 4.65. The van der Waals surface area contributed by atoms with Crippen molar-refractivity contribution in [1.82, 2.24) is 14.5 Å². The molecule has 0 amide bonds. The summed E-state index contributed by atoms with van der Waals surface area (Å²) in [6, 6.07) is 1.42. The molecule has 5 heteroatoms. The predicted octanol–water partition coefficient (Wildman–Crippen LogP) is -1.23. The summed E-state index contributed by atoms with van der Waals surface area (Å²) in [7, 11) is 1.65. The molecule has 1 aromatic rings. The fourth-order valence-corrected chi connectivity index (χ4v) is 1.52. The molecule has 0 unspecified atom stereocenters. The van der Waals surface area contributed by atoms with Gasteiger partial charge in [-0.2, -0.15) is 0 Å². The molecule has 5 nitrogen and oxygen atoms in total. The van der Waals surface area contributed by atoms with Crippen LogP contribution in [-0.2, 0) is 13.6 Å². The Balaban J connectivity index is 2.35. The van der Waals surface area contributed by atoms with Crippen molar-refractivity contribution in [2.45, 2.75) is 6.54 Å². The summed E-state index contributed by atoms with van der Waals surface area (Å²) in [5.74, 6) is 0.419. The lowest BCUT2D eigenvalue weighted by Crippen LogP contribution is -2.48. The summed E-state index contributed by atoms with van der Waals surface area (Å²) in [6.45, 7) is 2.31. The van der Waals surface area contributed by atoms with E-state index in [2.05, 4.69) is 5.32 Å². The highest BCUT2D eigenvalue weighted by Crippen LogP contribution is 2.02. The molecule has 0 bridgehead atoms. The first-order chi connectivity index (χ1) is 6.68. The molecule has 14 heavy (non-hydrogen) atoms. The average molecular weight is 195 g/mol. The Morgan fingerprint density at radius 3 is 2.79 bits per heavy atom. The molecular weight excluding hydrogens is 182 g/mol. The lowest BCUT2D eigenvalue weighted by atomic mass is 10.0. The number of rotatable bonds is 2. The first kappa shape index (κ1) is 9.21. The van der Waals surface area contributed by atoms with Gasteiger partial charge in [-0.05, 0) is 0 Å². The highest BCUT2D eigenvalue weighted by Gasteiger charge is 2.18. The van der Waals surface area contributed by atoms with Gasteiger partial charge in [0.25, 0.3) is 5.56 Å². The van der Waals surface area contributed by atoms with E-state index in [0.29, 0.717) is 12.5 Å². The van der Waals surface area contributed by atoms with Gasteiger partial charge in [-0.15, -0.1) is 0 Å². The minimum Gasteiger partial charge on any atom is -0.316 e. The number of nitrogens with one attached hydrogen (secondary N) is 1. The van der Waals surface area contributed by atoms with Gasteiger partial charge in [0.2, 0.25) is 0 Å². The molecule has 0 atom stereocenters. The van der Waals surface area contributed by atoms with Gasteiger partial charge in [0, 0.05) is 44.9 Å². The minimum absolute atomic E-state index is 0.208. The summed E-state index contributed by atoms with van der Waals surface area (Å²) in [6.07, 6.45) is 1.50. The quantitative estimate of drug-likeness (QED) is 0.642. The van der Waals surface area contributed by atoms with Crippen LogP contribution < -0.4 is 16.6 Å². The summed E-state index contributed by atoms with van der Waals surface area (Å²) < 4.78 is 2.72. The Labute approximate surface area is 81.0 Å². The summed E-state index contributed by atoms with van der Waals surface area (Å²) in [4.78, 5) is 23.0. The zero-order chi connectivity index (χ0) is 10.1. The lowest BCUT2D eigenvalue weighted by Gasteiger charge is -2.27. The van der Waals surface area contributed by atoms with Gasteiger partial charge in [0.1, 0.15) is 0 Å². The Morgan fingerprint density at radius 1 is 1.50 bits per heavy atom. The van der Waals surface area contributed by atoms with Gasteiger partial charge in [0.05, 0.1) is 0 Å². The van der Waals surface area contributed by atoms with Crippen LogP contribution in [0.2, 0.25) is 0 Å². The van der Waals surface area contributed by atoms with Crippen molar-refractivity contribution in [2.75, 3.05) is 13.1 Å². The standard InChI is InChI=1S/C9H13N3O2/c1-11-3-2-8(13)12(9(11)14)6-7-4-10-5-7/h2-3,7,10H,4-6H2,1H3. The summed E-state index contributed by atoms with van der Waals surface area (Å²) >= 11 is 0. The largest absolute Gasteiger partial charge is 0.330 e. The molecule has 1 aliphatic heterocycles. The predicted molar refractivity (Wildman–Crippen MR) is 52.3 cm³/mol. The Hall–Kier alpha value is -1.36. The normalized spacial score (nSPS) is 16.6. The molecule has 1 fully saturated rings. The van der Waals surface area contributed by atoms with Gasteiger partial charge in [-0.3, -0.25) is 9.36 Å². The molecule has 1 saturated heterocycles. The van der Waals surface area contributed by atoms with Crippen molar-refractivity contribution in [1.29, 1.82) is 0 Å². The van der Waals surface area contributed by atoms with Crippen LogP contribution in [-0.4, -0.2) is 22.2 Å². The maximum absolute atomic E-state index is 11.6. The maximum Gasteiger partial charge on any atom is 0.330 e. The van der Waals surface area contributed by atoms with E-state index < -0.39 is 0 Å². The van der Waals surface area contributed by atoms with Crippen LogP contribution in [0.5, 0.6) is 0 Å². The molecular formula is C9H13N3O2. The molecule has 0 spiro atoms. The average Bonchev–Trinajstić information content (AvgIpc) is 2.09. The number of nitrogens with zero attached hydrogens (tertiary/aromatic N) is 2. The van der Waals surface area contributed by atoms with Crippen LogP contribution in [0.4, 0.5) is 0 Å². The summed E-state index contributed by atoms with van der Waals surface area (Å²) in [5.41, 5.74) is -0.440. The molecule has 2 rings (SSSR count). The molecule has 1 aromatic heterocycles. The molecule has 1 N–H and O–H groups in total. The van der Waals surface area contributed by atoms with Crippen LogP contribution in [0.3, 0.4) is 0 Å². The van der Waals surface area contributed by atoms with E-state index in [9.17, 15) is 9.59 Å². The molecule has 0 saturated carbocycles. The van der Waals surface area contributed by atoms with E-state index in [-0.39, 0.29) is 11.2 Å². The maximum atomic E-state index is 11.6. The number of hydrogen-bond donors (Lipinski definition) is 1. The van der Waals surface area contributed by atoms with Crippen LogP contribution in [0.15, 0.2) is 21.9 Å². The fourth-order valence-electron chi connectivity index (χ4n) is 1.52. The van der Waals surface area contributed by atoms with Crippen LogP contribution >= 0.6 is 0 Å². The van der Waals surface area contributed by atoms with E-state index in [1.807, 2.05) is 0 Å². The SMILES string of the molecule is Cn1ccc(=O)n(CC2CNC2)c1=O. The zero-order valence-electron chi connectivity index (χ0n) is 8.06. The van der Waals surface area contributed by atoms with Crippen molar-refractivity contribution in [3.8, 4) is 0 Å². The second-order valence-corrected chi connectivity index (χ2v) is 3.68. The molecule has 0 aromatic carbocycles. The van der Waals surface area contributed by atoms with Crippen molar-refractivity contribution in [2.24, 2.45) is 13.0 Å². The van der Waals surface area contributed by atoms with E-state index in [1.54, 1.807) is 7.05 Å². The molecule has 1 aliphatic rings. The Bertz CT molecular complexity index is 442.